The molecule has 3 unspecified atom stereocenters. The Bertz CT molecular complexity index is 483. The van der Waals surface area contributed by atoms with Crippen LogP contribution >= 0.6 is 11.6 Å². The molecular weight excluding hydrogens is 236 g/mol. The van der Waals surface area contributed by atoms with Gasteiger partial charge in [-0.1, -0.05) is 17.7 Å². The number of nitriles is 1. The molecule has 1 N–H and O–H groups in total. The van der Waals surface area contributed by atoms with E-state index in [-0.39, 0.29) is 0 Å². The predicted molar refractivity (Wildman–Crippen MR) is 66.1 cm³/mol. The van der Waals surface area contributed by atoms with E-state index in [1.54, 1.807) is 6.07 Å². The molecule has 4 heteroatoms. The number of fused-ring (bicyclic) bond motifs is 2. The normalized spacial score (nSPS) is 30.2. The fraction of sp³-hybridized carbons (Fsp3) is 0.462. The van der Waals surface area contributed by atoms with Crippen LogP contribution in [0.15, 0.2) is 18.2 Å². The summed E-state index contributed by atoms with van der Waals surface area (Å²) in [5.74, 6) is 0. The molecule has 3 nitrogen and oxygen atoms in total. The number of nitrogens with zero attached hydrogens (tertiary/aromatic N) is 1. The number of rotatable bonds is 2. The van der Waals surface area contributed by atoms with E-state index >= 15 is 0 Å². The Balaban J connectivity index is 1.82. The lowest BCUT2D eigenvalue weighted by atomic mass is 9.95. The molecule has 88 valence electrons. The van der Waals surface area contributed by atoms with Gasteiger partial charge < -0.3 is 10.1 Å². The molecule has 2 bridgehead atoms. The Hall–Kier alpha value is -1.24. The predicted octanol–water partition coefficient (Wildman–Crippen LogP) is 2.94. The maximum Gasteiger partial charge on any atom is 0.103 e. The second-order valence-corrected chi connectivity index (χ2v) is 5.04. The molecule has 17 heavy (non-hydrogen) atoms. The summed E-state index contributed by atoms with van der Waals surface area (Å²) in [5, 5.41) is 13.0. The van der Waals surface area contributed by atoms with Gasteiger partial charge >= 0.3 is 0 Å². The zero-order chi connectivity index (χ0) is 11.8. The summed E-state index contributed by atoms with van der Waals surface area (Å²) >= 11 is 6.00. The second-order valence-electron chi connectivity index (χ2n) is 4.63. The third-order valence-corrected chi connectivity index (χ3v) is 3.89. The number of hydrogen-bond acceptors (Lipinski definition) is 3. The van der Waals surface area contributed by atoms with Gasteiger partial charge in [-0.3, -0.25) is 0 Å². The fourth-order valence-corrected chi connectivity index (χ4v) is 2.96. The molecule has 0 saturated carbocycles. The molecule has 3 rings (SSSR count). The van der Waals surface area contributed by atoms with E-state index in [9.17, 15) is 0 Å². The first-order valence-corrected chi connectivity index (χ1v) is 6.26. The average molecular weight is 249 g/mol. The molecule has 2 fully saturated rings. The minimum Gasteiger partial charge on any atom is -0.378 e. The van der Waals surface area contributed by atoms with Gasteiger partial charge in [-0.15, -0.1) is 0 Å². The molecule has 0 aromatic heterocycles. The highest BCUT2D eigenvalue weighted by Crippen LogP contribution is 2.36. The monoisotopic (exact) mass is 248 g/mol. The van der Waals surface area contributed by atoms with E-state index in [4.69, 9.17) is 21.6 Å². The number of benzene rings is 1. The van der Waals surface area contributed by atoms with Crippen molar-refractivity contribution < 1.29 is 4.74 Å². The van der Waals surface area contributed by atoms with Crippen LogP contribution in [-0.4, -0.2) is 18.2 Å². The van der Waals surface area contributed by atoms with E-state index in [1.807, 2.05) is 12.1 Å². The van der Waals surface area contributed by atoms with E-state index in [1.165, 1.54) is 6.42 Å². The zero-order valence-corrected chi connectivity index (χ0v) is 10.1. The summed E-state index contributed by atoms with van der Waals surface area (Å²) in [7, 11) is 0. The number of hydrogen-bond donors (Lipinski definition) is 1. The minimum atomic E-state index is 0.297. The lowest BCUT2D eigenvalue weighted by Gasteiger charge is -2.22. The molecule has 1 aromatic rings. The topological polar surface area (TPSA) is 45.0 Å². The van der Waals surface area contributed by atoms with Crippen LogP contribution in [0.3, 0.4) is 0 Å². The molecule has 0 aliphatic carbocycles. The van der Waals surface area contributed by atoms with E-state index in [2.05, 4.69) is 11.4 Å². The molecule has 2 aliphatic rings. The van der Waals surface area contributed by atoms with Gasteiger partial charge in [0.2, 0.25) is 0 Å². The molecule has 2 heterocycles. The van der Waals surface area contributed by atoms with Gasteiger partial charge in [0.05, 0.1) is 34.5 Å². The molecule has 3 atom stereocenters. The molecule has 0 spiro atoms. The Labute approximate surface area is 105 Å². The van der Waals surface area contributed by atoms with E-state index in [0.29, 0.717) is 28.8 Å². The van der Waals surface area contributed by atoms with Gasteiger partial charge in [0.15, 0.2) is 0 Å². The van der Waals surface area contributed by atoms with Crippen molar-refractivity contribution in [3.63, 3.8) is 0 Å². The first-order chi connectivity index (χ1) is 8.28. The van der Waals surface area contributed by atoms with Crippen LogP contribution in [-0.2, 0) is 4.74 Å². The van der Waals surface area contributed by atoms with Crippen molar-refractivity contribution in [3.8, 4) is 6.07 Å². The Morgan fingerprint density at radius 3 is 2.94 bits per heavy atom. The third kappa shape index (κ3) is 1.88. The van der Waals surface area contributed by atoms with Crippen LogP contribution in [0, 0.1) is 11.3 Å². The van der Waals surface area contributed by atoms with Crippen molar-refractivity contribution in [3.05, 3.63) is 28.8 Å². The first-order valence-electron chi connectivity index (χ1n) is 5.88. The molecule has 1 aromatic carbocycles. The van der Waals surface area contributed by atoms with E-state index in [0.717, 1.165) is 18.5 Å². The quantitative estimate of drug-likeness (QED) is 0.875. The van der Waals surface area contributed by atoms with Crippen LogP contribution in [0.25, 0.3) is 0 Å². The Morgan fingerprint density at radius 1 is 1.41 bits per heavy atom. The van der Waals surface area contributed by atoms with Crippen LogP contribution in [0.1, 0.15) is 24.8 Å². The van der Waals surface area contributed by atoms with Crippen molar-refractivity contribution in [2.75, 3.05) is 5.32 Å². The highest BCUT2D eigenvalue weighted by molar-refractivity contribution is 6.32. The summed E-state index contributed by atoms with van der Waals surface area (Å²) in [6.07, 6.45) is 4.02. The fourth-order valence-electron chi connectivity index (χ4n) is 2.75. The van der Waals surface area contributed by atoms with Crippen LogP contribution < -0.4 is 5.32 Å². The van der Waals surface area contributed by atoms with Gasteiger partial charge in [0, 0.05) is 0 Å². The van der Waals surface area contributed by atoms with Crippen LogP contribution in [0.2, 0.25) is 5.02 Å². The zero-order valence-electron chi connectivity index (χ0n) is 9.32. The summed E-state index contributed by atoms with van der Waals surface area (Å²) in [4.78, 5) is 0. The molecular formula is C13H13ClN2O. The third-order valence-electron chi connectivity index (χ3n) is 3.57. The number of halogens is 1. The van der Waals surface area contributed by atoms with Crippen LogP contribution in [0.4, 0.5) is 5.69 Å². The maximum atomic E-state index is 9.10. The number of nitrogens with one attached hydrogen (secondary N) is 1. The van der Waals surface area contributed by atoms with E-state index < -0.39 is 0 Å². The van der Waals surface area contributed by atoms with Gasteiger partial charge in [-0.05, 0) is 31.4 Å². The minimum absolute atomic E-state index is 0.297. The van der Waals surface area contributed by atoms with Crippen molar-refractivity contribution in [1.29, 1.82) is 5.26 Å². The summed E-state index contributed by atoms with van der Waals surface area (Å²) in [6, 6.07) is 7.96. The summed E-state index contributed by atoms with van der Waals surface area (Å²) < 4.78 is 5.78. The van der Waals surface area contributed by atoms with Gasteiger partial charge in [-0.25, -0.2) is 0 Å². The number of ether oxygens (including phenoxy) is 1. The summed E-state index contributed by atoms with van der Waals surface area (Å²) in [6.45, 7) is 0. The highest BCUT2D eigenvalue weighted by Gasteiger charge is 2.40. The van der Waals surface area contributed by atoms with Crippen molar-refractivity contribution in [1.82, 2.24) is 0 Å². The number of anilines is 1. The highest BCUT2D eigenvalue weighted by atomic mass is 35.5. The maximum absolute atomic E-state index is 9.10. The second kappa shape index (κ2) is 4.21. The molecule has 0 radical (unpaired) electrons. The largest absolute Gasteiger partial charge is 0.378 e. The van der Waals surface area contributed by atoms with Gasteiger partial charge in [0.1, 0.15) is 6.07 Å². The van der Waals surface area contributed by atoms with Gasteiger partial charge in [0.25, 0.3) is 0 Å². The first kappa shape index (κ1) is 10.9. The smallest absolute Gasteiger partial charge is 0.103 e. The lowest BCUT2D eigenvalue weighted by molar-refractivity contribution is 0.102. The average Bonchev–Trinajstić information content (AvgIpc) is 2.91. The summed E-state index contributed by atoms with van der Waals surface area (Å²) in [5.41, 5.74) is 1.35. The van der Waals surface area contributed by atoms with Crippen molar-refractivity contribution >= 4 is 17.3 Å². The van der Waals surface area contributed by atoms with Crippen molar-refractivity contribution in [2.24, 2.45) is 0 Å². The molecule has 2 aliphatic heterocycles. The van der Waals surface area contributed by atoms with Crippen LogP contribution in [0.5, 0.6) is 0 Å². The molecule has 2 saturated heterocycles. The van der Waals surface area contributed by atoms with Gasteiger partial charge in [-0.2, -0.15) is 5.26 Å². The standard InChI is InChI=1S/C13H13ClN2O/c14-10-2-1-3-11(9(10)7-15)16-12-6-8-4-5-13(12)17-8/h1-3,8,12-13,16H,4-6H2. The Morgan fingerprint density at radius 2 is 2.29 bits per heavy atom. The SMILES string of the molecule is N#Cc1c(Cl)cccc1NC1CC2CCC1O2. The Kier molecular flexibility index (Phi) is 2.70. The lowest BCUT2D eigenvalue weighted by Crippen LogP contribution is -2.30. The van der Waals surface area contributed by atoms with Crippen molar-refractivity contribution in [2.45, 2.75) is 37.5 Å². The molecule has 0 amide bonds.